The number of carbonyl (C=O) groups excluding carboxylic acids is 1. The lowest BCUT2D eigenvalue weighted by molar-refractivity contribution is 0.0957. The number of thiophene rings is 1. The number of guanidine groups is 1. The highest BCUT2D eigenvalue weighted by molar-refractivity contribution is 7.11. The molecule has 0 aliphatic carbocycles. The molecule has 0 radical (unpaired) electrons. The molecule has 2 rings (SSSR count). The normalized spacial score (nSPS) is 12.7. The Balaban J connectivity index is 1.67. The van der Waals surface area contributed by atoms with Crippen LogP contribution in [0.3, 0.4) is 0 Å². The molecule has 0 saturated heterocycles. The lowest BCUT2D eigenvalue weighted by atomic mass is 10.1. The maximum atomic E-state index is 12.0. The smallest absolute Gasteiger partial charge is 0.263 e. The van der Waals surface area contributed by atoms with Gasteiger partial charge < -0.3 is 16.0 Å². The zero-order valence-electron chi connectivity index (χ0n) is 14.1. The predicted molar refractivity (Wildman–Crippen MR) is 101 cm³/mol. The van der Waals surface area contributed by atoms with E-state index in [2.05, 4.69) is 50.4 Å². The molecule has 0 aliphatic heterocycles. The van der Waals surface area contributed by atoms with Crippen LogP contribution in [0.1, 0.15) is 33.1 Å². The molecular formula is C16H23N5OS2. The molecule has 0 aromatic carbocycles. The molecule has 0 aliphatic rings. The largest absolute Gasteiger partial charge is 0.356 e. The molecule has 8 heteroatoms. The summed E-state index contributed by atoms with van der Waals surface area (Å²) in [7, 11) is 1.74. The Labute approximate surface area is 150 Å². The van der Waals surface area contributed by atoms with E-state index in [0.717, 1.165) is 18.2 Å². The summed E-state index contributed by atoms with van der Waals surface area (Å²) < 4.78 is 0. The van der Waals surface area contributed by atoms with Gasteiger partial charge in [-0.25, -0.2) is 4.98 Å². The molecule has 1 unspecified atom stereocenters. The number of carbonyl (C=O) groups is 1. The third kappa shape index (κ3) is 5.31. The van der Waals surface area contributed by atoms with Crippen LogP contribution in [-0.4, -0.2) is 43.5 Å². The van der Waals surface area contributed by atoms with Gasteiger partial charge in [0.25, 0.3) is 5.91 Å². The second-order valence-corrected chi connectivity index (χ2v) is 7.15. The average Bonchev–Trinajstić information content (AvgIpc) is 3.25. The van der Waals surface area contributed by atoms with E-state index in [1.54, 1.807) is 23.9 Å². The predicted octanol–water partition coefficient (Wildman–Crippen LogP) is 2.21. The first kappa shape index (κ1) is 18.4. The van der Waals surface area contributed by atoms with E-state index in [9.17, 15) is 4.79 Å². The fourth-order valence-electron chi connectivity index (χ4n) is 2.10. The molecule has 2 aromatic rings. The minimum atomic E-state index is -0.0777. The molecule has 3 N–H and O–H groups in total. The van der Waals surface area contributed by atoms with Crippen molar-refractivity contribution in [2.75, 3.05) is 26.7 Å². The van der Waals surface area contributed by atoms with Crippen molar-refractivity contribution >= 4 is 34.5 Å². The van der Waals surface area contributed by atoms with Gasteiger partial charge in [0.15, 0.2) is 5.96 Å². The van der Waals surface area contributed by atoms with Crippen LogP contribution in [0.4, 0.5) is 0 Å². The van der Waals surface area contributed by atoms with E-state index in [1.165, 1.54) is 16.2 Å². The minimum Gasteiger partial charge on any atom is -0.356 e. The summed E-state index contributed by atoms with van der Waals surface area (Å²) >= 11 is 3.12. The van der Waals surface area contributed by atoms with E-state index in [0.29, 0.717) is 23.9 Å². The van der Waals surface area contributed by atoms with Gasteiger partial charge in [-0.15, -0.1) is 22.7 Å². The average molecular weight is 366 g/mol. The van der Waals surface area contributed by atoms with Crippen molar-refractivity contribution in [2.45, 2.75) is 19.8 Å². The fourth-order valence-corrected chi connectivity index (χ4v) is 3.61. The highest BCUT2D eigenvalue weighted by atomic mass is 32.1. The number of aryl methyl sites for hydroxylation is 1. The molecule has 0 spiro atoms. The topological polar surface area (TPSA) is 78.4 Å². The Morgan fingerprint density at radius 2 is 2.08 bits per heavy atom. The first-order valence-electron chi connectivity index (χ1n) is 7.78. The molecule has 0 bridgehead atoms. The summed E-state index contributed by atoms with van der Waals surface area (Å²) in [5.41, 5.74) is 2.45. The molecule has 6 nitrogen and oxygen atoms in total. The second kappa shape index (κ2) is 9.39. The van der Waals surface area contributed by atoms with Crippen LogP contribution in [0.25, 0.3) is 0 Å². The van der Waals surface area contributed by atoms with Crippen LogP contribution >= 0.6 is 22.7 Å². The van der Waals surface area contributed by atoms with Gasteiger partial charge >= 0.3 is 0 Å². The number of rotatable bonds is 7. The molecule has 1 amide bonds. The number of thiazole rings is 1. The number of nitrogens with zero attached hydrogens (tertiary/aromatic N) is 2. The second-order valence-electron chi connectivity index (χ2n) is 5.32. The van der Waals surface area contributed by atoms with Gasteiger partial charge in [-0.05, 0) is 18.4 Å². The summed E-state index contributed by atoms with van der Waals surface area (Å²) in [5.74, 6) is 1.09. The molecule has 24 heavy (non-hydrogen) atoms. The quantitative estimate of drug-likeness (QED) is 0.399. The van der Waals surface area contributed by atoms with Crippen molar-refractivity contribution in [1.29, 1.82) is 0 Å². The lowest BCUT2D eigenvalue weighted by Gasteiger charge is -2.15. The van der Waals surface area contributed by atoms with E-state index < -0.39 is 0 Å². The van der Waals surface area contributed by atoms with Crippen LogP contribution in [0.15, 0.2) is 28.0 Å². The van der Waals surface area contributed by atoms with Gasteiger partial charge in [0.1, 0.15) is 4.88 Å². The van der Waals surface area contributed by atoms with Crippen molar-refractivity contribution < 1.29 is 4.79 Å². The molecular weight excluding hydrogens is 342 g/mol. The van der Waals surface area contributed by atoms with Crippen molar-refractivity contribution in [1.82, 2.24) is 20.9 Å². The van der Waals surface area contributed by atoms with Gasteiger partial charge in [0.2, 0.25) is 0 Å². The monoisotopic (exact) mass is 365 g/mol. The van der Waals surface area contributed by atoms with Crippen LogP contribution < -0.4 is 16.0 Å². The van der Waals surface area contributed by atoms with Crippen molar-refractivity contribution in [2.24, 2.45) is 4.99 Å². The van der Waals surface area contributed by atoms with Crippen LogP contribution in [0, 0.1) is 6.92 Å². The molecule has 130 valence electrons. The SMILES string of the molecule is CN=C(NCCNC(=O)c1scnc1C)NCC(C)c1cccs1. The van der Waals surface area contributed by atoms with E-state index in [1.807, 2.05) is 6.92 Å². The van der Waals surface area contributed by atoms with Gasteiger partial charge in [-0.3, -0.25) is 9.79 Å². The Morgan fingerprint density at radius 3 is 2.71 bits per heavy atom. The first-order chi connectivity index (χ1) is 11.6. The van der Waals surface area contributed by atoms with Gasteiger partial charge in [0, 0.05) is 37.5 Å². The summed E-state index contributed by atoms with van der Waals surface area (Å²) in [4.78, 5) is 22.3. The number of hydrogen-bond donors (Lipinski definition) is 3. The molecule has 0 saturated carbocycles. The number of aliphatic imine (C=N–C) groups is 1. The van der Waals surface area contributed by atoms with Crippen LogP contribution in [-0.2, 0) is 0 Å². The Morgan fingerprint density at radius 1 is 1.29 bits per heavy atom. The standard InChI is InChI=1S/C16H23N5OS2/c1-11(13-5-4-8-23-13)9-20-16(17-3)19-7-6-18-15(22)14-12(2)21-10-24-14/h4-5,8,10-11H,6-7,9H2,1-3H3,(H,18,22)(H2,17,19,20). The number of amides is 1. The van der Waals surface area contributed by atoms with Crippen molar-refractivity contribution in [3.05, 3.63) is 38.5 Å². The number of nitrogens with one attached hydrogen (secondary N) is 3. The summed E-state index contributed by atoms with van der Waals surface area (Å²) in [6.07, 6.45) is 0. The molecule has 2 aromatic heterocycles. The maximum Gasteiger partial charge on any atom is 0.263 e. The Hall–Kier alpha value is -1.93. The number of aromatic nitrogens is 1. The molecule has 2 heterocycles. The summed E-state index contributed by atoms with van der Waals surface area (Å²) in [5, 5.41) is 11.5. The van der Waals surface area contributed by atoms with Crippen molar-refractivity contribution in [3.8, 4) is 0 Å². The Kier molecular flexibility index (Phi) is 7.20. The molecule has 1 atom stereocenters. The maximum absolute atomic E-state index is 12.0. The summed E-state index contributed by atoms with van der Waals surface area (Å²) in [6, 6.07) is 4.21. The Bertz CT molecular complexity index is 666. The van der Waals surface area contributed by atoms with E-state index in [4.69, 9.17) is 0 Å². The fraction of sp³-hybridized carbons (Fsp3) is 0.438. The van der Waals surface area contributed by atoms with E-state index >= 15 is 0 Å². The van der Waals surface area contributed by atoms with Gasteiger partial charge in [-0.1, -0.05) is 13.0 Å². The highest BCUT2D eigenvalue weighted by Gasteiger charge is 2.11. The first-order valence-corrected chi connectivity index (χ1v) is 9.54. The third-order valence-corrected chi connectivity index (χ3v) is 5.51. The minimum absolute atomic E-state index is 0.0777. The zero-order valence-corrected chi connectivity index (χ0v) is 15.8. The molecule has 0 fully saturated rings. The third-order valence-electron chi connectivity index (χ3n) is 3.48. The van der Waals surface area contributed by atoms with E-state index in [-0.39, 0.29) is 5.91 Å². The van der Waals surface area contributed by atoms with Crippen molar-refractivity contribution in [3.63, 3.8) is 0 Å². The number of hydrogen-bond acceptors (Lipinski definition) is 5. The summed E-state index contributed by atoms with van der Waals surface area (Å²) in [6.45, 7) is 5.97. The zero-order chi connectivity index (χ0) is 17.4. The highest BCUT2D eigenvalue weighted by Crippen LogP contribution is 2.19. The van der Waals surface area contributed by atoms with Gasteiger partial charge in [-0.2, -0.15) is 0 Å². The van der Waals surface area contributed by atoms with Crippen LogP contribution in [0.2, 0.25) is 0 Å². The van der Waals surface area contributed by atoms with Gasteiger partial charge in [0.05, 0.1) is 11.2 Å². The van der Waals surface area contributed by atoms with Crippen LogP contribution in [0.5, 0.6) is 0 Å². The lowest BCUT2D eigenvalue weighted by Crippen LogP contribution is -2.42.